The first-order chi connectivity index (χ1) is 8.83. The van der Waals surface area contributed by atoms with E-state index in [1.807, 2.05) is 28.8 Å². The quantitative estimate of drug-likeness (QED) is 0.822. The molecule has 0 radical (unpaired) electrons. The van der Waals surface area contributed by atoms with Gasteiger partial charge in [-0.2, -0.15) is 0 Å². The van der Waals surface area contributed by atoms with E-state index in [0.717, 1.165) is 31.6 Å². The highest BCUT2D eigenvalue weighted by atomic mass is 16.2. The van der Waals surface area contributed by atoms with Gasteiger partial charge in [-0.3, -0.25) is 4.79 Å². The number of amides is 1. The number of aromatic nitrogens is 2. The molecule has 0 saturated carbocycles. The second-order valence-electron chi connectivity index (χ2n) is 4.61. The molecule has 0 unspecified atom stereocenters. The number of pyridine rings is 1. The van der Waals surface area contributed by atoms with Crippen molar-refractivity contribution in [2.24, 2.45) is 0 Å². The van der Waals surface area contributed by atoms with Crippen molar-refractivity contribution in [2.75, 3.05) is 13.1 Å². The number of carbonyl (C=O) groups is 1. The van der Waals surface area contributed by atoms with Gasteiger partial charge in [-0.15, -0.1) is 0 Å². The van der Waals surface area contributed by atoms with Crippen molar-refractivity contribution >= 4 is 11.6 Å². The third kappa shape index (κ3) is 2.22. The summed E-state index contributed by atoms with van der Waals surface area (Å²) in [6.45, 7) is 1.89. The second-order valence-corrected chi connectivity index (χ2v) is 4.61. The summed E-state index contributed by atoms with van der Waals surface area (Å²) < 4.78 is 1.86. The number of nitrogens with zero attached hydrogens (tertiary/aromatic N) is 2. The van der Waals surface area contributed by atoms with Crippen LogP contribution in [0.25, 0.3) is 5.65 Å². The van der Waals surface area contributed by atoms with Gasteiger partial charge in [0.15, 0.2) is 0 Å². The van der Waals surface area contributed by atoms with Crippen LogP contribution < -0.4 is 10.6 Å². The molecular weight excluding hydrogens is 228 g/mol. The minimum absolute atomic E-state index is 0.0904. The van der Waals surface area contributed by atoms with Crippen LogP contribution in [0.4, 0.5) is 0 Å². The third-order valence-corrected chi connectivity index (χ3v) is 3.23. The lowest BCUT2D eigenvalue weighted by atomic mass is 10.1. The number of carbonyl (C=O) groups excluding carboxylic acids is 1. The first kappa shape index (κ1) is 11.2. The Hall–Kier alpha value is -1.88. The molecule has 5 heteroatoms. The maximum Gasteiger partial charge on any atom is 0.271 e. The summed E-state index contributed by atoms with van der Waals surface area (Å²) in [6, 6.07) is 5.94. The Morgan fingerprint density at radius 2 is 2.44 bits per heavy atom. The summed E-state index contributed by atoms with van der Waals surface area (Å²) in [5.74, 6) is -0.0904. The van der Waals surface area contributed by atoms with Crippen LogP contribution in [0, 0.1) is 0 Å². The van der Waals surface area contributed by atoms with E-state index in [1.54, 1.807) is 6.20 Å². The number of piperidine rings is 1. The van der Waals surface area contributed by atoms with Crippen molar-refractivity contribution in [3.05, 3.63) is 36.3 Å². The molecule has 2 aromatic heterocycles. The van der Waals surface area contributed by atoms with Crippen LogP contribution in [-0.4, -0.2) is 34.4 Å². The minimum atomic E-state index is -0.0904. The molecule has 1 aliphatic heterocycles. The van der Waals surface area contributed by atoms with Gasteiger partial charge in [-0.25, -0.2) is 4.98 Å². The number of nitrogens with one attached hydrogen (secondary N) is 2. The highest BCUT2D eigenvalue weighted by Crippen LogP contribution is 2.06. The van der Waals surface area contributed by atoms with Crippen molar-refractivity contribution in [1.29, 1.82) is 0 Å². The van der Waals surface area contributed by atoms with Gasteiger partial charge in [0.05, 0.1) is 0 Å². The van der Waals surface area contributed by atoms with Crippen LogP contribution >= 0.6 is 0 Å². The largest absolute Gasteiger partial charge is 0.347 e. The van der Waals surface area contributed by atoms with E-state index in [0.29, 0.717) is 5.69 Å². The molecule has 18 heavy (non-hydrogen) atoms. The van der Waals surface area contributed by atoms with Gasteiger partial charge in [-0.05, 0) is 31.5 Å². The lowest BCUT2D eigenvalue weighted by molar-refractivity contribution is 0.0926. The zero-order valence-electron chi connectivity index (χ0n) is 10.1. The van der Waals surface area contributed by atoms with E-state index in [2.05, 4.69) is 15.6 Å². The molecule has 0 aliphatic carbocycles. The predicted octanol–water partition coefficient (Wildman–Crippen LogP) is 0.816. The molecule has 1 saturated heterocycles. The van der Waals surface area contributed by atoms with Gasteiger partial charge in [0.1, 0.15) is 11.3 Å². The molecule has 0 spiro atoms. The predicted molar refractivity (Wildman–Crippen MR) is 68.5 cm³/mol. The summed E-state index contributed by atoms with van der Waals surface area (Å²) in [4.78, 5) is 16.4. The molecule has 5 nitrogen and oxygen atoms in total. The minimum Gasteiger partial charge on any atom is -0.347 e. The number of hydrogen-bond acceptors (Lipinski definition) is 3. The number of imidazole rings is 1. The van der Waals surface area contributed by atoms with E-state index < -0.39 is 0 Å². The fraction of sp³-hybridized carbons (Fsp3) is 0.385. The first-order valence-electron chi connectivity index (χ1n) is 6.28. The topological polar surface area (TPSA) is 58.4 Å². The third-order valence-electron chi connectivity index (χ3n) is 3.23. The fourth-order valence-electron chi connectivity index (χ4n) is 2.28. The Morgan fingerprint density at radius 3 is 3.22 bits per heavy atom. The number of hydrogen-bond donors (Lipinski definition) is 2. The molecule has 1 atom stereocenters. The van der Waals surface area contributed by atoms with Gasteiger partial charge >= 0.3 is 0 Å². The maximum atomic E-state index is 12.1. The van der Waals surface area contributed by atoms with Crippen LogP contribution in [0.2, 0.25) is 0 Å². The molecule has 1 aliphatic rings. The van der Waals surface area contributed by atoms with Crippen molar-refractivity contribution in [3.8, 4) is 0 Å². The van der Waals surface area contributed by atoms with Gasteiger partial charge in [0.2, 0.25) is 0 Å². The van der Waals surface area contributed by atoms with Crippen LogP contribution in [0.5, 0.6) is 0 Å². The van der Waals surface area contributed by atoms with Gasteiger partial charge in [0, 0.05) is 25.0 Å². The number of rotatable bonds is 2. The molecule has 1 fully saturated rings. The van der Waals surface area contributed by atoms with E-state index in [-0.39, 0.29) is 11.9 Å². The Labute approximate surface area is 105 Å². The number of fused-ring (bicyclic) bond motifs is 1. The van der Waals surface area contributed by atoms with E-state index >= 15 is 0 Å². The maximum absolute atomic E-state index is 12.1. The average molecular weight is 244 g/mol. The molecule has 0 aromatic carbocycles. The Morgan fingerprint density at radius 1 is 1.50 bits per heavy atom. The van der Waals surface area contributed by atoms with Gasteiger partial charge in [0.25, 0.3) is 5.91 Å². The van der Waals surface area contributed by atoms with Gasteiger partial charge in [-0.1, -0.05) is 6.07 Å². The lowest BCUT2D eigenvalue weighted by Crippen LogP contribution is -2.45. The smallest absolute Gasteiger partial charge is 0.271 e. The molecule has 1 amide bonds. The van der Waals surface area contributed by atoms with E-state index in [9.17, 15) is 4.79 Å². The molecule has 2 aromatic rings. The average Bonchev–Trinajstić information content (AvgIpc) is 2.84. The SMILES string of the molecule is O=C(N[C@H]1CCCNC1)c1cn2ccccc2n1. The summed E-state index contributed by atoms with van der Waals surface area (Å²) in [6.07, 6.45) is 5.80. The van der Waals surface area contributed by atoms with Gasteiger partial charge < -0.3 is 15.0 Å². The molecular formula is C13H16N4O. The Kier molecular flexibility index (Phi) is 2.98. The standard InChI is InChI=1S/C13H16N4O/c18-13(15-10-4-3-6-14-8-10)11-9-17-7-2-1-5-12(17)16-11/h1-2,5,7,9-10,14H,3-4,6,8H2,(H,15,18)/t10-/m0/s1. The second kappa shape index (κ2) is 4.78. The monoisotopic (exact) mass is 244 g/mol. The van der Waals surface area contributed by atoms with Crippen LogP contribution in [-0.2, 0) is 0 Å². The zero-order valence-corrected chi connectivity index (χ0v) is 10.1. The molecule has 2 N–H and O–H groups in total. The Balaban J connectivity index is 1.74. The first-order valence-corrected chi connectivity index (χ1v) is 6.28. The molecule has 3 heterocycles. The lowest BCUT2D eigenvalue weighted by Gasteiger charge is -2.23. The summed E-state index contributed by atoms with van der Waals surface area (Å²) in [7, 11) is 0. The summed E-state index contributed by atoms with van der Waals surface area (Å²) >= 11 is 0. The fourth-order valence-corrected chi connectivity index (χ4v) is 2.28. The normalized spacial score (nSPS) is 19.9. The van der Waals surface area contributed by atoms with Crippen LogP contribution in [0.15, 0.2) is 30.6 Å². The van der Waals surface area contributed by atoms with Crippen molar-refractivity contribution < 1.29 is 4.79 Å². The summed E-state index contributed by atoms with van der Waals surface area (Å²) in [5.41, 5.74) is 1.27. The highest BCUT2D eigenvalue weighted by Gasteiger charge is 2.17. The highest BCUT2D eigenvalue weighted by molar-refractivity contribution is 5.93. The summed E-state index contributed by atoms with van der Waals surface area (Å²) in [5, 5.41) is 6.30. The Bertz CT molecular complexity index is 524. The van der Waals surface area contributed by atoms with Crippen molar-refractivity contribution in [3.63, 3.8) is 0 Å². The van der Waals surface area contributed by atoms with Crippen LogP contribution in [0.1, 0.15) is 23.3 Å². The molecule has 94 valence electrons. The van der Waals surface area contributed by atoms with E-state index in [1.165, 1.54) is 0 Å². The zero-order chi connectivity index (χ0) is 12.4. The van der Waals surface area contributed by atoms with Crippen molar-refractivity contribution in [2.45, 2.75) is 18.9 Å². The molecule has 3 rings (SSSR count). The van der Waals surface area contributed by atoms with Crippen LogP contribution in [0.3, 0.4) is 0 Å². The molecule has 0 bridgehead atoms. The van der Waals surface area contributed by atoms with Crippen molar-refractivity contribution in [1.82, 2.24) is 20.0 Å². The van der Waals surface area contributed by atoms with E-state index in [4.69, 9.17) is 0 Å².